The molecule has 0 fully saturated rings. The van der Waals surface area contributed by atoms with Gasteiger partial charge in [0.05, 0.1) is 0 Å². The van der Waals surface area contributed by atoms with Crippen LogP contribution in [0.25, 0.3) is 0 Å². The van der Waals surface area contributed by atoms with Crippen LogP contribution in [0.15, 0.2) is 0 Å². The number of rotatable bonds is 5. The zero-order valence-corrected chi connectivity index (χ0v) is 9.84. The molecule has 0 radical (unpaired) electrons. The molecule has 0 heterocycles. The van der Waals surface area contributed by atoms with E-state index in [4.69, 9.17) is 10.2 Å². The molecule has 0 aliphatic carbocycles. The maximum atomic E-state index is 9.44. The second-order valence-corrected chi connectivity index (χ2v) is 4.12. The first-order valence-corrected chi connectivity index (χ1v) is 5.97. The predicted octanol–water partition coefficient (Wildman–Crippen LogP) is 0.469. The van der Waals surface area contributed by atoms with Gasteiger partial charge in [0.25, 0.3) is 0 Å². The predicted molar refractivity (Wildman–Crippen MR) is 55.0 cm³/mol. The highest BCUT2D eigenvalue weighted by Gasteiger charge is 1.84. The molecule has 0 aliphatic heterocycles. The summed E-state index contributed by atoms with van der Waals surface area (Å²) in [6, 6.07) is 1.24. The minimum atomic E-state index is -0.180. The van der Waals surface area contributed by atoms with Gasteiger partial charge in [-0.3, -0.25) is 0 Å². The average molecular weight is 191 g/mol. The SMILES string of the molecule is CC(C)=O.CCO[SiH2]CCCN. The fourth-order valence-electron chi connectivity index (χ4n) is 0.493. The molecule has 0 aromatic carbocycles. The number of hydrogen-bond acceptors (Lipinski definition) is 3. The summed E-state index contributed by atoms with van der Waals surface area (Å²) in [6.45, 7) is 6.80. The van der Waals surface area contributed by atoms with Crippen molar-refractivity contribution in [3.05, 3.63) is 0 Å². The average Bonchev–Trinajstić information content (AvgIpc) is 1.97. The minimum Gasteiger partial charge on any atom is -0.424 e. The van der Waals surface area contributed by atoms with Crippen molar-refractivity contribution in [3.63, 3.8) is 0 Å². The van der Waals surface area contributed by atoms with E-state index in [-0.39, 0.29) is 15.5 Å². The molecule has 0 saturated heterocycles. The van der Waals surface area contributed by atoms with Gasteiger partial charge >= 0.3 is 0 Å². The third-order valence-electron chi connectivity index (χ3n) is 0.947. The normalized spacial score (nSPS) is 9.67. The van der Waals surface area contributed by atoms with Crippen molar-refractivity contribution < 1.29 is 9.22 Å². The Bertz CT molecular complexity index is 89.1. The Morgan fingerprint density at radius 1 is 1.50 bits per heavy atom. The molecule has 0 aliphatic rings. The molecule has 0 bridgehead atoms. The van der Waals surface area contributed by atoms with Gasteiger partial charge in [-0.15, -0.1) is 0 Å². The van der Waals surface area contributed by atoms with E-state index in [9.17, 15) is 4.79 Å². The third kappa shape index (κ3) is 32.9. The number of carbonyl (C=O) groups excluding carboxylic acids is 1. The molecule has 0 aromatic rings. The third-order valence-corrected chi connectivity index (χ3v) is 2.43. The van der Waals surface area contributed by atoms with E-state index in [0.29, 0.717) is 0 Å². The summed E-state index contributed by atoms with van der Waals surface area (Å²) >= 11 is 0. The van der Waals surface area contributed by atoms with E-state index >= 15 is 0 Å². The summed E-state index contributed by atoms with van der Waals surface area (Å²) in [5.74, 6) is 0.167. The smallest absolute Gasteiger partial charge is 0.161 e. The van der Waals surface area contributed by atoms with Gasteiger partial charge in [0, 0.05) is 6.61 Å². The van der Waals surface area contributed by atoms with Crippen molar-refractivity contribution in [2.45, 2.75) is 33.2 Å². The standard InChI is InChI=1S/C5H15NOSi.C3H6O/c1-2-7-8-5-3-4-6;1-3(2)4/h2-6,8H2,1H3;1-2H3. The Hall–Kier alpha value is -0.193. The molecule has 12 heavy (non-hydrogen) atoms. The number of hydrogen-bond donors (Lipinski definition) is 1. The van der Waals surface area contributed by atoms with Crippen LogP contribution in [0.4, 0.5) is 0 Å². The Morgan fingerprint density at radius 3 is 2.33 bits per heavy atom. The van der Waals surface area contributed by atoms with Crippen LogP contribution in [0.5, 0.6) is 0 Å². The van der Waals surface area contributed by atoms with Crippen molar-refractivity contribution in [1.29, 1.82) is 0 Å². The largest absolute Gasteiger partial charge is 0.424 e. The summed E-state index contributed by atoms with van der Waals surface area (Å²) < 4.78 is 5.22. The van der Waals surface area contributed by atoms with Crippen molar-refractivity contribution >= 4 is 15.5 Å². The van der Waals surface area contributed by atoms with Crippen molar-refractivity contribution in [2.24, 2.45) is 5.73 Å². The highest BCUT2D eigenvalue weighted by atomic mass is 28.2. The lowest BCUT2D eigenvalue weighted by atomic mass is 10.5. The molecule has 0 saturated carbocycles. The molecule has 0 aromatic heterocycles. The second kappa shape index (κ2) is 13.4. The molecular weight excluding hydrogens is 170 g/mol. The Balaban J connectivity index is 0. The molecule has 0 unspecified atom stereocenters. The van der Waals surface area contributed by atoms with Crippen LogP contribution in [0.3, 0.4) is 0 Å². The summed E-state index contributed by atoms with van der Waals surface area (Å²) in [7, 11) is -0.180. The number of ketones is 1. The molecular formula is C8H21NO2Si. The fraction of sp³-hybridized carbons (Fsp3) is 0.875. The van der Waals surface area contributed by atoms with Crippen LogP contribution in [-0.2, 0) is 9.22 Å². The molecule has 3 nitrogen and oxygen atoms in total. The molecule has 4 heteroatoms. The van der Waals surface area contributed by atoms with Crippen LogP contribution in [0.2, 0.25) is 6.04 Å². The molecule has 0 spiro atoms. The summed E-state index contributed by atoms with van der Waals surface area (Å²) in [5, 5.41) is 0. The van der Waals surface area contributed by atoms with Gasteiger partial charge in [0.1, 0.15) is 5.78 Å². The van der Waals surface area contributed by atoms with Gasteiger partial charge in [-0.05, 0) is 39.8 Å². The summed E-state index contributed by atoms with van der Waals surface area (Å²) in [6.07, 6.45) is 1.15. The van der Waals surface area contributed by atoms with Gasteiger partial charge in [-0.1, -0.05) is 0 Å². The molecule has 0 rings (SSSR count). The zero-order chi connectivity index (χ0) is 9.82. The van der Waals surface area contributed by atoms with Crippen molar-refractivity contribution in [3.8, 4) is 0 Å². The second-order valence-electron chi connectivity index (χ2n) is 2.60. The topological polar surface area (TPSA) is 52.3 Å². The number of Topliss-reactive ketones (excluding diaryl/α,β-unsaturated/α-hetero) is 1. The quantitative estimate of drug-likeness (QED) is 0.508. The van der Waals surface area contributed by atoms with Crippen LogP contribution in [0.1, 0.15) is 27.2 Å². The van der Waals surface area contributed by atoms with Gasteiger partial charge < -0.3 is 15.0 Å². The van der Waals surface area contributed by atoms with E-state index < -0.39 is 0 Å². The van der Waals surface area contributed by atoms with Crippen molar-refractivity contribution in [1.82, 2.24) is 0 Å². The van der Waals surface area contributed by atoms with Crippen LogP contribution in [0, 0.1) is 0 Å². The highest BCUT2D eigenvalue weighted by molar-refractivity contribution is 6.26. The van der Waals surface area contributed by atoms with Gasteiger partial charge in [-0.25, -0.2) is 0 Å². The fourth-order valence-corrected chi connectivity index (χ4v) is 1.48. The maximum Gasteiger partial charge on any atom is 0.161 e. The van der Waals surface area contributed by atoms with Crippen LogP contribution in [-0.4, -0.2) is 28.7 Å². The lowest BCUT2D eigenvalue weighted by molar-refractivity contribution is -0.114. The molecule has 0 atom stereocenters. The van der Waals surface area contributed by atoms with Gasteiger partial charge in [0.2, 0.25) is 0 Å². The van der Waals surface area contributed by atoms with Gasteiger partial charge in [-0.2, -0.15) is 0 Å². The monoisotopic (exact) mass is 191 g/mol. The molecule has 74 valence electrons. The lowest BCUT2D eigenvalue weighted by Crippen LogP contribution is -2.03. The lowest BCUT2D eigenvalue weighted by Gasteiger charge is -1.96. The Kier molecular flexibility index (Phi) is 16.0. The zero-order valence-electron chi connectivity index (χ0n) is 8.43. The van der Waals surface area contributed by atoms with Crippen LogP contribution < -0.4 is 5.73 Å². The van der Waals surface area contributed by atoms with E-state index in [1.807, 2.05) is 6.92 Å². The Labute approximate surface area is 77.6 Å². The molecule has 0 amide bonds. The first kappa shape index (κ1) is 14.3. The molecule has 2 N–H and O–H groups in total. The van der Waals surface area contributed by atoms with Gasteiger partial charge in [0.15, 0.2) is 9.76 Å². The number of nitrogens with two attached hydrogens (primary N) is 1. The van der Waals surface area contributed by atoms with E-state index in [0.717, 1.165) is 19.6 Å². The van der Waals surface area contributed by atoms with E-state index in [1.54, 1.807) is 0 Å². The highest BCUT2D eigenvalue weighted by Crippen LogP contribution is 1.84. The number of carbonyl (C=O) groups is 1. The first-order chi connectivity index (χ1) is 5.65. The summed E-state index contributed by atoms with van der Waals surface area (Å²) in [5.41, 5.74) is 5.28. The van der Waals surface area contributed by atoms with E-state index in [1.165, 1.54) is 19.9 Å². The van der Waals surface area contributed by atoms with Crippen LogP contribution >= 0.6 is 0 Å². The maximum absolute atomic E-state index is 9.44. The van der Waals surface area contributed by atoms with Crippen molar-refractivity contribution in [2.75, 3.05) is 13.2 Å². The first-order valence-electron chi connectivity index (χ1n) is 4.40. The van der Waals surface area contributed by atoms with E-state index in [2.05, 4.69) is 0 Å². The summed E-state index contributed by atoms with van der Waals surface area (Å²) in [4.78, 5) is 9.44. The Morgan fingerprint density at radius 2 is 2.00 bits per heavy atom. The minimum absolute atomic E-state index is 0.167.